The fraction of sp³-hybridized carbons (Fsp3) is 0.414. The Morgan fingerprint density at radius 3 is 1.72 bits per heavy atom. The molecule has 14 nitrogen and oxygen atoms in total. The lowest BCUT2D eigenvalue weighted by molar-refractivity contribution is -0.142. The highest BCUT2D eigenvalue weighted by atomic mass is 16.4. The van der Waals surface area contributed by atoms with Gasteiger partial charge in [0, 0.05) is 19.4 Å². The van der Waals surface area contributed by atoms with Crippen molar-refractivity contribution in [3.05, 3.63) is 59.7 Å². The molecule has 12 N–H and O–H groups in total. The lowest BCUT2D eigenvalue weighted by atomic mass is 9.99. The summed E-state index contributed by atoms with van der Waals surface area (Å²) in [5.74, 6) is -3.75. The third-order valence-corrected chi connectivity index (χ3v) is 6.55. The number of amides is 3. The van der Waals surface area contributed by atoms with Crippen LogP contribution in [0.4, 0.5) is 0 Å². The van der Waals surface area contributed by atoms with Gasteiger partial charge in [-0.2, -0.15) is 0 Å². The van der Waals surface area contributed by atoms with Crippen LogP contribution in [0.15, 0.2) is 53.5 Å². The molecule has 2 rings (SSSR count). The number of guanidine groups is 1. The van der Waals surface area contributed by atoms with Crippen molar-refractivity contribution in [2.45, 2.75) is 63.7 Å². The Kier molecular flexibility index (Phi) is 13.2. The van der Waals surface area contributed by atoms with Gasteiger partial charge < -0.3 is 48.5 Å². The second-order valence-corrected chi connectivity index (χ2v) is 10.5. The maximum Gasteiger partial charge on any atom is 0.326 e. The number of carbonyl (C=O) groups excluding carboxylic acids is 3. The molecule has 0 fully saturated rings. The third kappa shape index (κ3) is 11.9. The molecule has 234 valence electrons. The number of carboxylic acids is 1. The molecular formula is C29H41N7O7. The van der Waals surface area contributed by atoms with Gasteiger partial charge in [0.15, 0.2) is 5.96 Å². The van der Waals surface area contributed by atoms with E-state index in [9.17, 15) is 34.5 Å². The molecule has 0 heterocycles. The van der Waals surface area contributed by atoms with Crippen LogP contribution in [-0.4, -0.2) is 75.7 Å². The van der Waals surface area contributed by atoms with E-state index in [4.69, 9.17) is 17.2 Å². The zero-order valence-corrected chi connectivity index (χ0v) is 24.2. The first kappa shape index (κ1) is 34.4. The summed E-state index contributed by atoms with van der Waals surface area (Å²) < 4.78 is 0. The number of benzene rings is 2. The lowest BCUT2D eigenvalue weighted by Crippen LogP contribution is -2.59. The normalized spacial score (nSPS) is 13.7. The molecule has 0 bridgehead atoms. The minimum absolute atomic E-state index is 0.00541. The van der Waals surface area contributed by atoms with Crippen molar-refractivity contribution in [1.29, 1.82) is 0 Å². The summed E-state index contributed by atoms with van der Waals surface area (Å²) >= 11 is 0. The van der Waals surface area contributed by atoms with Crippen LogP contribution in [0.1, 0.15) is 37.8 Å². The maximum atomic E-state index is 13.4. The third-order valence-electron chi connectivity index (χ3n) is 6.55. The summed E-state index contributed by atoms with van der Waals surface area (Å²) in [7, 11) is 0. The second-order valence-electron chi connectivity index (χ2n) is 10.5. The molecular weight excluding hydrogens is 558 g/mol. The number of carbonyl (C=O) groups is 4. The molecule has 3 amide bonds. The first-order valence-electron chi connectivity index (χ1n) is 13.8. The molecule has 0 aliphatic rings. The number of aliphatic carboxylic acids is 1. The van der Waals surface area contributed by atoms with E-state index < -0.39 is 53.8 Å². The number of rotatable bonds is 16. The Hall–Kier alpha value is -4.85. The lowest BCUT2D eigenvalue weighted by Gasteiger charge is -2.27. The average Bonchev–Trinajstić information content (AvgIpc) is 2.94. The number of nitrogens with one attached hydrogen (secondary N) is 3. The van der Waals surface area contributed by atoms with Crippen molar-refractivity contribution in [3.8, 4) is 11.5 Å². The number of phenolic OH excluding ortho intramolecular Hbond substituents is 2. The van der Waals surface area contributed by atoms with E-state index in [1.165, 1.54) is 36.4 Å². The predicted octanol–water partition coefficient (Wildman–Crippen LogP) is -0.541. The quantitative estimate of drug-likeness (QED) is 0.0676. The van der Waals surface area contributed by atoms with Gasteiger partial charge in [0.25, 0.3) is 0 Å². The van der Waals surface area contributed by atoms with Crippen LogP contribution in [0.5, 0.6) is 11.5 Å². The van der Waals surface area contributed by atoms with Gasteiger partial charge in [-0.3, -0.25) is 19.4 Å². The monoisotopic (exact) mass is 599 g/mol. The van der Waals surface area contributed by atoms with E-state index in [0.717, 1.165) is 0 Å². The van der Waals surface area contributed by atoms with Crippen LogP contribution in [0.25, 0.3) is 0 Å². The molecule has 0 radical (unpaired) electrons. The molecule has 14 heteroatoms. The van der Waals surface area contributed by atoms with E-state index in [-0.39, 0.29) is 43.3 Å². The van der Waals surface area contributed by atoms with Crippen LogP contribution < -0.4 is 33.2 Å². The minimum atomic E-state index is -1.34. The van der Waals surface area contributed by atoms with E-state index in [2.05, 4.69) is 20.9 Å². The molecule has 0 spiro atoms. The minimum Gasteiger partial charge on any atom is -0.508 e. The van der Waals surface area contributed by atoms with Crippen molar-refractivity contribution in [3.63, 3.8) is 0 Å². The molecule has 2 aromatic rings. The topological polar surface area (TPSA) is 255 Å². The van der Waals surface area contributed by atoms with Crippen molar-refractivity contribution in [2.75, 3.05) is 6.54 Å². The second kappa shape index (κ2) is 16.6. The summed E-state index contributed by atoms with van der Waals surface area (Å²) in [6, 6.07) is 7.29. The first-order chi connectivity index (χ1) is 20.3. The smallest absolute Gasteiger partial charge is 0.326 e. The Bertz CT molecular complexity index is 1260. The molecule has 2 aromatic carbocycles. The van der Waals surface area contributed by atoms with E-state index in [1.807, 2.05) is 0 Å². The number of nitrogens with two attached hydrogens (primary N) is 3. The highest BCUT2D eigenvalue weighted by Crippen LogP contribution is 2.14. The van der Waals surface area contributed by atoms with E-state index in [1.54, 1.807) is 26.0 Å². The number of hydrogen-bond donors (Lipinski definition) is 9. The molecule has 0 aromatic heterocycles. The van der Waals surface area contributed by atoms with Crippen LogP contribution in [0.2, 0.25) is 0 Å². The van der Waals surface area contributed by atoms with Crippen molar-refractivity contribution in [2.24, 2.45) is 28.1 Å². The van der Waals surface area contributed by atoms with Crippen LogP contribution in [0, 0.1) is 5.92 Å². The molecule has 0 aliphatic heterocycles. The number of hydrogen-bond acceptors (Lipinski definition) is 8. The molecule has 43 heavy (non-hydrogen) atoms. The molecule has 0 aliphatic carbocycles. The van der Waals surface area contributed by atoms with Gasteiger partial charge in [-0.15, -0.1) is 0 Å². The average molecular weight is 600 g/mol. The summed E-state index contributed by atoms with van der Waals surface area (Å²) in [5, 5.41) is 36.7. The zero-order valence-electron chi connectivity index (χ0n) is 24.2. The summed E-state index contributed by atoms with van der Waals surface area (Å²) in [5.41, 5.74) is 17.7. The number of aromatic hydroxyl groups is 2. The number of nitrogens with zero attached hydrogens (tertiary/aromatic N) is 1. The zero-order chi connectivity index (χ0) is 32.1. The Morgan fingerprint density at radius 2 is 1.26 bits per heavy atom. The summed E-state index contributed by atoms with van der Waals surface area (Å²) in [6.45, 7) is 3.71. The standard InChI is InChI=1S/C29H41N7O7/c1-16(2)24(36-25(39)21(30)4-3-13-33-29(31)32)27(41)34-22(14-17-5-9-19(37)10-6-17)26(40)35-23(28(42)43)15-18-7-11-20(38)12-8-18/h5-12,16,21-24,37-38H,3-4,13-15,30H2,1-2H3,(H,34,41)(H,35,40)(H,36,39)(H,42,43)(H4,31,32,33). The van der Waals surface area contributed by atoms with Crippen LogP contribution in [0.3, 0.4) is 0 Å². The molecule has 4 unspecified atom stereocenters. The molecule has 4 atom stereocenters. The number of aliphatic imine (C=N–C) groups is 1. The highest BCUT2D eigenvalue weighted by Gasteiger charge is 2.32. The van der Waals surface area contributed by atoms with E-state index >= 15 is 0 Å². The van der Waals surface area contributed by atoms with Crippen molar-refractivity contribution < 1.29 is 34.5 Å². The van der Waals surface area contributed by atoms with Gasteiger partial charge in [-0.1, -0.05) is 38.1 Å². The van der Waals surface area contributed by atoms with Gasteiger partial charge in [-0.25, -0.2) is 4.79 Å². The SMILES string of the molecule is CC(C)C(NC(=O)C(N)CCCN=C(N)N)C(=O)NC(Cc1ccc(O)cc1)C(=O)NC(Cc1ccc(O)cc1)C(=O)O. The fourth-order valence-corrected chi connectivity index (χ4v) is 4.12. The summed E-state index contributed by atoms with van der Waals surface area (Å²) in [6.07, 6.45) is 0.590. The van der Waals surface area contributed by atoms with Gasteiger partial charge in [0.2, 0.25) is 17.7 Å². The van der Waals surface area contributed by atoms with Crippen molar-refractivity contribution in [1.82, 2.24) is 16.0 Å². The number of carboxylic acid groups (broad SMARTS) is 1. The fourth-order valence-electron chi connectivity index (χ4n) is 4.12. The van der Waals surface area contributed by atoms with Crippen molar-refractivity contribution >= 4 is 29.7 Å². The van der Waals surface area contributed by atoms with Gasteiger partial charge >= 0.3 is 5.97 Å². The largest absolute Gasteiger partial charge is 0.508 e. The van der Waals surface area contributed by atoms with Crippen LogP contribution in [-0.2, 0) is 32.0 Å². The first-order valence-corrected chi connectivity index (χ1v) is 13.8. The number of phenols is 2. The summed E-state index contributed by atoms with van der Waals surface area (Å²) in [4.78, 5) is 55.4. The van der Waals surface area contributed by atoms with Gasteiger partial charge in [-0.05, 0) is 54.2 Å². The van der Waals surface area contributed by atoms with Gasteiger partial charge in [0.05, 0.1) is 6.04 Å². The van der Waals surface area contributed by atoms with Crippen LogP contribution >= 0.6 is 0 Å². The highest BCUT2D eigenvalue weighted by molar-refractivity contribution is 5.94. The molecule has 0 saturated carbocycles. The van der Waals surface area contributed by atoms with Gasteiger partial charge in [0.1, 0.15) is 29.6 Å². The maximum absolute atomic E-state index is 13.4. The molecule has 0 saturated heterocycles. The Morgan fingerprint density at radius 1 is 0.767 bits per heavy atom. The Balaban J connectivity index is 2.20. The Labute approximate surface area is 249 Å². The predicted molar refractivity (Wildman–Crippen MR) is 160 cm³/mol. The van der Waals surface area contributed by atoms with E-state index in [0.29, 0.717) is 17.5 Å².